The minimum absolute atomic E-state index is 0.833. The van der Waals surface area contributed by atoms with Crippen LogP contribution in [0.1, 0.15) is 19.4 Å². The topological polar surface area (TPSA) is 112 Å². The number of aliphatic carboxylic acids is 3. The van der Waals surface area contributed by atoms with Crippen molar-refractivity contribution in [3.8, 4) is 0 Å². The third-order valence-electron chi connectivity index (χ3n) is 1.22. The zero-order valence-electron chi connectivity index (χ0n) is 10.6. The van der Waals surface area contributed by atoms with Gasteiger partial charge < -0.3 is 15.3 Å². The van der Waals surface area contributed by atoms with Crippen molar-refractivity contribution in [2.24, 2.45) is 0 Å². The molecule has 0 spiro atoms. The molecule has 0 saturated carbocycles. The Labute approximate surface area is 110 Å². The van der Waals surface area contributed by atoms with E-state index in [1.807, 2.05) is 30.3 Å². The predicted molar refractivity (Wildman–Crippen MR) is 69.7 cm³/mol. The lowest BCUT2D eigenvalue weighted by Gasteiger charge is -1.87. The fourth-order valence-corrected chi connectivity index (χ4v) is 0.732. The molecule has 0 unspecified atom stereocenters. The third-order valence-corrected chi connectivity index (χ3v) is 1.22. The summed E-state index contributed by atoms with van der Waals surface area (Å²) < 4.78 is 0. The Morgan fingerprint density at radius 1 is 0.895 bits per heavy atom. The highest BCUT2D eigenvalue weighted by atomic mass is 16.4. The summed E-state index contributed by atoms with van der Waals surface area (Å²) in [6, 6.07) is 9.31. The molecule has 0 fully saturated rings. The van der Waals surface area contributed by atoms with Crippen molar-refractivity contribution < 1.29 is 29.7 Å². The van der Waals surface area contributed by atoms with Crippen molar-refractivity contribution in [1.29, 1.82) is 0 Å². The van der Waals surface area contributed by atoms with Crippen LogP contribution in [0.5, 0.6) is 0 Å². The van der Waals surface area contributed by atoms with Crippen LogP contribution in [0.15, 0.2) is 36.4 Å². The summed E-state index contributed by atoms with van der Waals surface area (Å²) in [6.07, 6.45) is 2.68. The molecule has 104 valence electrons. The Morgan fingerprint density at radius 2 is 1.26 bits per heavy atom. The zero-order valence-corrected chi connectivity index (χ0v) is 10.6. The molecule has 1 aromatic rings. The summed E-state index contributed by atoms with van der Waals surface area (Å²) in [7, 11) is 0. The first-order valence-corrected chi connectivity index (χ1v) is 5.10. The second-order valence-electron chi connectivity index (χ2n) is 3.12. The monoisotopic (exact) mass is 268 g/mol. The van der Waals surface area contributed by atoms with Gasteiger partial charge in [0.1, 0.15) is 0 Å². The van der Waals surface area contributed by atoms with Gasteiger partial charge in [0.05, 0.1) is 0 Å². The number of carboxylic acids is 3. The van der Waals surface area contributed by atoms with Crippen LogP contribution in [0.3, 0.4) is 0 Å². The normalized spacial score (nSPS) is 8.53. The van der Waals surface area contributed by atoms with Gasteiger partial charge in [0.25, 0.3) is 11.9 Å². The molecule has 1 aromatic carbocycles. The minimum Gasteiger partial charge on any atom is -0.481 e. The highest BCUT2D eigenvalue weighted by Crippen LogP contribution is 1.99. The van der Waals surface area contributed by atoms with Gasteiger partial charge in [-0.25, -0.2) is 4.79 Å². The highest BCUT2D eigenvalue weighted by molar-refractivity contribution is 5.85. The molecule has 0 amide bonds. The maximum Gasteiger partial charge on any atom is 0.328 e. The Morgan fingerprint density at radius 3 is 1.58 bits per heavy atom. The first-order valence-electron chi connectivity index (χ1n) is 5.10. The van der Waals surface area contributed by atoms with E-state index in [1.54, 1.807) is 6.08 Å². The van der Waals surface area contributed by atoms with E-state index in [2.05, 4.69) is 0 Å². The van der Waals surface area contributed by atoms with Gasteiger partial charge in [-0.1, -0.05) is 30.3 Å². The maximum absolute atomic E-state index is 10.1. The standard InChI is InChI=1S/C9H8O2.2C2H4O2/c10-9(11)7-6-8-4-2-1-3-5-8;2*1-2(3)4/h1-7H,(H,10,11);2*1H3,(H,3,4). The molecule has 0 radical (unpaired) electrons. The fourth-order valence-electron chi connectivity index (χ4n) is 0.732. The van der Waals surface area contributed by atoms with Gasteiger partial charge in [0.2, 0.25) is 0 Å². The van der Waals surface area contributed by atoms with Gasteiger partial charge in [-0.2, -0.15) is 0 Å². The molecule has 3 N–H and O–H groups in total. The van der Waals surface area contributed by atoms with E-state index in [1.165, 1.54) is 0 Å². The third kappa shape index (κ3) is 25.5. The van der Waals surface area contributed by atoms with Gasteiger partial charge >= 0.3 is 5.97 Å². The first kappa shape index (κ1) is 18.7. The predicted octanol–water partition coefficient (Wildman–Crippen LogP) is 1.97. The molecule has 19 heavy (non-hydrogen) atoms. The van der Waals surface area contributed by atoms with Crippen molar-refractivity contribution in [3.05, 3.63) is 42.0 Å². The lowest BCUT2D eigenvalue weighted by Crippen LogP contribution is -1.85. The molecule has 0 heterocycles. The molecule has 6 nitrogen and oxygen atoms in total. The molecule has 0 aliphatic heterocycles. The van der Waals surface area contributed by atoms with E-state index in [0.29, 0.717) is 0 Å². The molecule has 6 heteroatoms. The molecule has 0 aliphatic carbocycles. The Balaban J connectivity index is 0. The van der Waals surface area contributed by atoms with Crippen LogP contribution in [0, 0.1) is 0 Å². The van der Waals surface area contributed by atoms with Gasteiger partial charge in [-0.3, -0.25) is 9.59 Å². The van der Waals surface area contributed by atoms with Crippen LogP contribution in [0.25, 0.3) is 6.08 Å². The van der Waals surface area contributed by atoms with E-state index in [0.717, 1.165) is 25.5 Å². The molecular weight excluding hydrogens is 252 g/mol. The van der Waals surface area contributed by atoms with Gasteiger partial charge in [-0.15, -0.1) is 0 Å². The van der Waals surface area contributed by atoms with E-state index in [4.69, 9.17) is 24.9 Å². The Kier molecular flexibility index (Phi) is 11.7. The van der Waals surface area contributed by atoms with Gasteiger partial charge in [0, 0.05) is 19.9 Å². The van der Waals surface area contributed by atoms with Crippen LogP contribution < -0.4 is 0 Å². The van der Waals surface area contributed by atoms with Crippen molar-refractivity contribution in [2.75, 3.05) is 0 Å². The summed E-state index contributed by atoms with van der Waals surface area (Å²) in [5, 5.41) is 23.1. The number of carbonyl (C=O) groups is 3. The summed E-state index contributed by atoms with van der Waals surface area (Å²) >= 11 is 0. The van der Waals surface area contributed by atoms with E-state index in [9.17, 15) is 4.79 Å². The van der Waals surface area contributed by atoms with Crippen LogP contribution in [0.2, 0.25) is 0 Å². The van der Waals surface area contributed by atoms with Gasteiger partial charge in [0.15, 0.2) is 0 Å². The van der Waals surface area contributed by atoms with Crippen molar-refractivity contribution in [1.82, 2.24) is 0 Å². The summed E-state index contributed by atoms with van der Waals surface area (Å²) in [6.45, 7) is 2.17. The molecule has 0 aliphatic rings. The smallest absolute Gasteiger partial charge is 0.328 e. The lowest BCUT2D eigenvalue weighted by molar-refractivity contribution is -0.135. The number of benzene rings is 1. The first-order chi connectivity index (χ1) is 8.75. The average molecular weight is 268 g/mol. The largest absolute Gasteiger partial charge is 0.481 e. The van der Waals surface area contributed by atoms with E-state index >= 15 is 0 Å². The lowest BCUT2D eigenvalue weighted by atomic mass is 10.2. The molecular formula is C13H16O6. The van der Waals surface area contributed by atoms with Crippen LogP contribution in [-0.4, -0.2) is 33.2 Å². The molecule has 1 rings (SSSR count). The molecule has 0 aromatic heterocycles. The van der Waals surface area contributed by atoms with E-state index < -0.39 is 17.9 Å². The summed E-state index contributed by atoms with van der Waals surface area (Å²) in [5.74, 6) is -2.59. The maximum atomic E-state index is 10.1. The minimum atomic E-state index is -0.922. The number of hydrogen-bond acceptors (Lipinski definition) is 3. The van der Waals surface area contributed by atoms with Crippen LogP contribution in [0.4, 0.5) is 0 Å². The quantitative estimate of drug-likeness (QED) is 0.707. The Hall–Kier alpha value is -2.63. The molecule has 0 atom stereocenters. The zero-order chi connectivity index (χ0) is 15.3. The second kappa shape index (κ2) is 11.8. The van der Waals surface area contributed by atoms with Gasteiger partial charge in [-0.05, 0) is 11.6 Å². The number of carboxylic acid groups (broad SMARTS) is 3. The highest BCUT2D eigenvalue weighted by Gasteiger charge is 1.85. The van der Waals surface area contributed by atoms with Crippen molar-refractivity contribution in [3.63, 3.8) is 0 Å². The SMILES string of the molecule is CC(=O)O.CC(=O)O.O=C(O)C=Cc1ccccc1. The van der Waals surface area contributed by atoms with Crippen molar-refractivity contribution >= 4 is 24.0 Å². The van der Waals surface area contributed by atoms with Crippen LogP contribution in [-0.2, 0) is 14.4 Å². The van der Waals surface area contributed by atoms with Crippen LogP contribution >= 0.6 is 0 Å². The average Bonchev–Trinajstić information content (AvgIpc) is 2.26. The summed E-state index contributed by atoms with van der Waals surface area (Å²) in [4.78, 5) is 28.1. The molecule has 0 saturated heterocycles. The number of hydrogen-bond donors (Lipinski definition) is 3. The summed E-state index contributed by atoms with van der Waals surface area (Å²) in [5.41, 5.74) is 0.898. The number of rotatable bonds is 2. The second-order valence-corrected chi connectivity index (χ2v) is 3.12. The van der Waals surface area contributed by atoms with Crippen molar-refractivity contribution in [2.45, 2.75) is 13.8 Å². The molecule has 0 bridgehead atoms. The van der Waals surface area contributed by atoms with E-state index in [-0.39, 0.29) is 0 Å². The fraction of sp³-hybridized carbons (Fsp3) is 0.154. The Bertz CT molecular complexity index is 402.